The second-order valence-electron chi connectivity index (χ2n) is 6.24. The molecule has 21 heavy (non-hydrogen) atoms. The predicted octanol–water partition coefficient (Wildman–Crippen LogP) is 1.55. The maximum Gasteiger partial charge on any atom is 0.390 e. The van der Waals surface area contributed by atoms with Crippen molar-refractivity contribution in [3.05, 3.63) is 0 Å². The van der Waals surface area contributed by atoms with Gasteiger partial charge < -0.3 is 10.2 Å². The molecule has 3 amide bonds. The fourth-order valence-corrected chi connectivity index (χ4v) is 3.29. The fourth-order valence-electron chi connectivity index (χ4n) is 3.29. The maximum atomic E-state index is 12.2. The number of nitrogens with zero attached hydrogens (tertiary/aromatic N) is 2. The number of hydrogen-bond donors (Lipinski definition) is 1. The van der Waals surface area contributed by atoms with Gasteiger partial charge in [-0.1, -0.05) is 0 Å². The molecule has 2 aliphatic carbocycles. The van der Waals surface area contributed by atoms with E-state index >= 15 is 0 Å². The summed E-state index contributed by atoms with van der Waals surface area (Å²) in [7, 11) is 0. The van der Waals surface area contributed by atoms with Crippen LogP contribution in [0.4, 0.5) is 18.0 Å². The molecule has 0 aromatic carbocycles. The molecular weight excluding hydrogens is 287 g/mol. The van der Waals surface area contributed by atoms with Crippen LogP contribution in [0.25, 0.3) is 0 Å². The van der Waals surface area contributed by atoms with Gasteiger partial charge in [0.15, 0.2) is 0 Å². The van der Waals surface area contributed by atoms with E-state index in [-0.39, 0.29) is 31.8 Å². The highest BCUT2D eigenvalue weighted by molar-refractivity contribution is 5.87. The van der Waals surface area contributed by atoms with E-state index in [9.17, 15) is 22.8 Å². The van der Waals surface area contributed by atoms with Crippen LogP contribution in [0.1, 0.15) is 25.7 Å². The Labute approximate surface area is 120 Å². The van der Waals surface area contributed by atoms with Crippen LogP contribution in [0, 0.1) is 11.8 Å². The minimum absolute atomic E-state index is 0.0552. The summed E-state index contributed by atoms with van der Waals surface area (Å²) in [6, 6.07) is -0.190. The maximum absolute atomic E-state index is 12.2. The van der Waals surface area contributed by atoms with Gasteiger partial charge in [-0.25, -0.2) is 4.79 Å². The summed E-state index contributed by atoms with van der Waals surface area (Å²) in [5.74, 6) is 1.04. The number of halogens is 3. The summed E-state index contributed by atoms with van der Waals surface area (Å²) >= 11 is 0. The number of amides is 3. The van der Waals surface area contributed by atoms with E-state index < -0.39 is 18.5 Å². The summed E-state index contributed by atoms with van der Waals surface area (Å²) in [4.78, 5) is 26.0. The minimum Gasteiger partial charge on any atom is -0.335 e. The zero-order valence-electron chi connectivity index (χ0n) is 11.5. The molecular formula is C13H18F3N3O2. The summed E-state index contributed by atoms with van der Waals surface area (Å²) in [5.41, 5.74) is 0. The van der Waals surface area contributed by atoms with Crippen molar-refractivity contribution in [3.8, 4) is 0 Å². The molecule has 3 rings (SSSR count). The van der Waals surface area contributed by atoms with Crippen molar-refractivity contribution in [1.82, 2.24) is 15.1 Å². The Balaban J connectivity index is 1.46. The lowest BCUT2D eigenvalue weighted by atomic mass is 10.2. The molecule has 2 unspecified atom stereocenters. The molecule has 0 aromatic heterocycles. The Bertz CT molecular complexity index is 444. The lowest BCUT2D eigenvalue weighted by molar-refractivity contribution is -0.142. The Hall–Kier alpha value is -1.47. The molecule has 3 aliphatic rings. The van der Waals surface area contributed by atoms with E-state index in [2.05, 4.69) is 5.32 Å². The molecule has 0 bridgehead atoms. The van der Waals surface area contributed by atoms with Crippen molar-refractivity contribution >= 4 is 11.9 Å². The van der Waals surface area contributed by atoms with Crippen LogP contribution in [0.5, 0.6) is 0 Å². The van der Waals surface area contributed by atoms with Crippen LogP contribution < -0.4 is 5.32 Å². The molecule has 5 nitrogen and oxygen atoms in total. The van der Waals surface area contributed by atoms with Gasteiger partial charge in [-0.3, -0.25) is 9.69 Å². The topological polar surface area (TPSA) is 52.7 Å². The van der Waals surface area contributed by atoms with E-state index in [4.69, 9.17) is 0 Å². The van der Waals surface area contributed by atoms with Crippen LogP contribution in [-0.2, 0) is 4.79 Å². The largest absolute Gasteiger partial charge is 0.390 e. The molecule has 118 valence electrons. The lowest BCUT2D eigenvalue weighted by Crippen LogP contribution is -2.44. The van der Waals surface area contributed by atoms with Gasteiger partial charge in [-0.2, -0.15) is 13.2 Å². The van der Waals surface area contributed by atoms with Crippen LogP contribution >= 0.6 is 0 Å². The Kier molecular flexibility index (Phi) is 3.49. The second-order valence-corrected chi connectivity index (χ2v) is 6.24. The number of carbonyl (C=O) groups excluding carboxylic acids is 2. The van der Waals surface area contributed by atoms with Crippen molar-refractivity contribution < 1.29 is 22.8 Å². The van der Waals surface area contributed by atoms with Gasteiger partial charge in [0.2, 0.25) is 5.91 Å². The normalized spacial score (nSPS) is 31.6. The zero-order valence-corrected chi connectivity index (χ0v) is 11.5. The third-order valence-electron chi connectivity index (χ3n) is 4.54. The van der Waals surface area contributed by atoms with Crippen molar-refractivity contribution in [2.24, 2.45) is 11.8 Å². The van der Waals surface area contributed by atoms with E-state index in [1.54, 1.807) is 0 Å². The standard InChI is InChI=1S/C13H18F3N3O2/c14-13(15,16)1-2-18-7-19(6-11(18)20)12(21)17-10-4-8-3-9(8)5-10/h8-10H,1-7H2,(H,17,21). The third kappa shape index (κ3) is 3.41. The molecule has 1 aliphatic heterocycles. The number of carbonyl (C=O) groups is 2. The molecule has 8 heteroatoms. The Morgan fingerprint density at radius 2 is 1.90 bits per heavy atom. The first-order chi connectivity index (χ1) is 9.82. The highest BCUT2D eigenvalue weighted by Gasteiger charge is 2.46. The number of alkyl halides is 3. The van der Waals surface area contributed by atoms with Gasteiger partial charge in [0.1, 0.15) is 6.54 Å². The molecule has 0 radical (unpaired) electrons. The van der Waals surface area contributed by atoms with Gasteiger partial charge in [-0.05, 0) is 31.1 Å². The number of nitrogens with one attached hydrogen (secondary N) is 1. The van der Waals surface area contributed by atoms with Crippen LogP contribution in [0.15, 0.2) is 0 Å². The van der Waals surface area contributed by atoms with Crippen molar-refractivity contribution in [1.29, 1.82) is 0 Å². The quantitative estimate of drug-likeness (QED) is 0.860. The van der Waals surface area contributed by atoms with Gasteiger partial charge in [0.25, 0.3) is 0 Å². The zero-order chi connectivity index (χ0) is 15.2. The summed E-state index contributed by atoms with van der Waals surface area (Å²) in [6.07, 6.45) is -2.12. The first-order valence-electron chi connectivity index (χ1n) is 7.22. The average molecular weight is 305 g/mol. The van der Waals surface area contributed by atoms with Crippen molar-refractivity contribution in [3.63, 3.8) is 0 Å². The highest BCUT2D eigenvalue weighted by atomic mass is 19.4. The Morgan fingerprint density at radius 3 is 2.52 bits per heavy atom. The molecule has 2 atom stereocenters. The number of fused-ring (bicyclic) bond motifs is 1. The Morgan fingerprint density at radius 1 is 1.24 bits per heavy atom. The summed E-state index contributed by atoms with van der Waals surface area (Å²) in [6.45, 7) is -0.580. The summed E-state index contributed by atoms with van der Waals surface area (Å²) in [5, 5.41) is 2.88. The molecule has 1 heterocycles. The number of urea groups is 1. The fraction of sp³-hybridized carbons (Fsp3) is 0.846. The highest BCUT2D eigenvalue weighted by Crippen LogP contribution is 2.51. The minimum atomic E-state index is -4.29. The molecule has 1 N–H and O–H groups in total. The van der Waals surface area contributed by atoms with Crippen molar-refractivity contribution in [2.45, 2.75) is 37.9 Å². The molecule has 3 fully saturated rings. The van der Waals surface area contributed by atoms with Gasteiger partial charge in [0, 0.05) is 12.6 Å². The van der Waals surface area contributed by atoms with Crippen LogP contribution in [0.2, 0.25) is 0 Å². The molecule has 0 spiro atoms. The molecule has 2 saturated carbocycles. The molecule has 1 saturated heterocycles. The summed E-state index contributed by atoms with van der Waals surface area (Å²) < 4.78 is 36.5. The first kappa shape index (κ1) is 14.5. The van der Waals surface area contributed by atoms with Crippen LogP contribution in [0.3, 0.4) is 0 Å². The predicted molar refractivity (Wildman–Crippen MR) is 67.1 cm³/mol. The SMILES string of the molecule is O=C1CN(C(=O)NC2CC3CC3C2)CN1CCC(F)(F)F. The smallest absolute Gasteiger partial charge is 0.335 e. The lowest BCUT2D eigenvalue weighted by Gasteiger charge is -2.21. The van der Waals surface area contributed by atoms with E-state index in [0.717, 1.165) is 29.6 Å². The number of rotatable bonds is 3. The third-order valence-corrected chi connectivity index (χ3v) is 4.54. The molecule has 0 aromatic rings. The average Bonchev–Trinajstić information content (AvgIpc) is 2.81. The first-order valence-corrected chi connectivity index (χ1v) is 7.22. The van der Waals surface area contributed by atoms with Crippen LogP contribution in [-0.4, -0.2) is 53.7 Å². The number of hydrogen-bond acceptors (Lipinski definition) is 2. The van der Waals surface area contributed by atoms with E-state index in [1.165, 1.54) is 11.3 Å². The van der Waals surface area contributed by atoms with Gasteiger partial charge in [0.05, 0.1) is 13.1 Å². The van der Waals surface area contributed by atoms with Gasteiger partial charge in [-0.15, -0.1) is 0 Å². The van der Waals surface area contributed by atoms with E-state index in [0.29, 0.717) is 0 Å². The second kappa shape index (κ2) is 5.06. The monoisotopic (exact) mass is 305 g/mol. The van der Waals surface area contributed by atoms with Gasteiger partial charge >= 0.3 is 12.2 Å². The van der Waals surface area contributed by atoms with Crippen molar-refractivity contribution in [2.75, 3.05) is 19.8 Å². The van der Waals surface area contributed by atoms with E-state index in [1.807, 2.05) is 0 Å².